The smallest absolute Gasteiger partial charge is 0.325 e. The average Bonchev–Trinajstić information content (AvgIpc) is 3.14. The fourth-order valence-electron chi connectivity index (χ4n) is 3.62. The number of nitrogens with one attached hydrogen (secondary N) is 1. The summed E-state index contributed by atoms with van der Waals surface area (Å²) >= 11 is 0. The van der Waals surface area contributed by atoms with E-state index in [1.807, 2.05) is 31.2 Å². The zero-order chi connectivity index (χ0) is 16.2. The predicted octanol–water partition coefficient (Wildman–Crippen LogP) is 2.18. The van der Waals surface area contributed by atoms with E-state index in [4.69, 9.17) is 4.52 Å². The third kappa shape index (κ3) is 1.84. The number of benzene rings is 1. The van der Waals surface area contributed by atoms with Crippen LogP contribution in [0.25, 0.3) is 0 Å². The topological polar surface area (TPSA) is 75.4 Å². The van der Waals surface area contributed by atoms with Crippen LogP contribution in [0.1, 0.15) is 34.6 Å². The van der Waals surface area contributed by atoms with Crippen LogP contribution in [0.15, 0.2) is 28.8 Å². The molecule has 1 N–H and O–H groups in total. The molecule has 118 valence electrons. The van der Waals surface area contributed by atoms with Crippen molar-refractivity contribution in [1.29, 1.82) is 0 Å². The number of nitrogens with zero attached hydrogens (tertiary/aromatic N) is 2. The maximum Gasteiger partial charge on any atom is 0.325 e. The van der Waals surface area contributed by atoms with Crippen molar-refractivity contribution < 1.29 is 14.1 Å². The van der Waals surface area contributed by atoms with E-state index in [2.05, 4.69) is 10.5 Å². The molecule has 1 spiro atoms. The Morgan fingerprint density at radius 1 is 1.30 bits per heavy atom. The van der Waals surface area contributed by atoms with Crippen LogP contribution in [-0.2, 0) is 23.3 Å². The van der Waals surface area contributed by atoms with Crippen molar-refractivity contribution in [2.45, 2.75) is 38.8 Å². The number of rotatable bonds is 2. The molecular formula is C17H17N3O3. The second-order valence-corrected chi connectivity index (χ2v) is 6.19. The lowest BCUT2D eigenvalue weighted by Crippen LogP contribution is -2.41. The number of hydrogen-bond acceptors (Lipinski definition) is 4. The van der Waals surface area contributed by atoms with Gasteiger partial charge < -0.3 is 9.84 Å². The van der Waals surface area contributed by atoms with Crippen LogP contribution in [0.2, 0.25) is 0 Å². The maximum absolute atomic E-state index is 13.0. The van der Waals surface area contributed by atoms with Crippen molar-refractivity contribution in [3.05, 3.63) is 52.4 Å². The molecule has 0 radical (unpaired) electrons. The lowest BCUT2D eigenvalue weighted by Gasteiger charge is -2.22. The van der Waals surface area contributed by atoms with Crippen LogP contribution in [0.4, 0.5) is 4.79 Å². The van der Waals surface area contributed by atoms with Crippen molar-refractivity contribution >= 4 is 11.9 Å². The zero-order valence-corrected chi connectivity index (χ0v) is 13.0. The zero-order valence-electron chi connectivity index (χ0n) is 13.0. The first-order valence-electron chi connectivity index (χ1n) is 7.67. The first-order chi connectivity index (χ1) is 11.0. The molecule has 2 aromatic rings. The number of aryl methyl sites for hydroxylation is 3. The summed E-state index contributed by atoms with van der Waals surface area (Å²) in [5.41, 5.74) is 2.62. The highest BCUT2D eigenvalue weighted by molar-refractivity contribution is 6.08. The Bertz CT molecular complexity index is 807. The van der Waals surface area contributed by atoms with Crippen molar-refractivity contribution in [3.8, 4) is 0 Å². The van der Waals surface area contributed by atoms with Gasteiger partial charge in [0, 0.05) is 5.56 Å². The quantitative estimate of drug-likeness (QED) is 0.863. The third-order valence-corrected chi connectivity index (χ3v) is 4.92. The number of fused-ring (bicyclic) bond motifs is 2. The molecule has 0 bridgehead atoms. The number of urea groups is 1. The molecular weight excluding hydrogens is 294 g/mol. The number of imide groups is 1. The van der Waals surface area contributed by atoms with Gasteiger partial charge in [-0.3, -0.25) is 9.69 Å². The van der Waals surface area contributed by atoms with Crippen LogP contribution in [0.3, 0.4) is 0 Å². The third-order valence-electron chi connectivity index (χ3n) is 4.92. The number of carbonyl (C=O) groups is 2. The lowest BCUT2D eigenvalue weighted by atomic mass is 9.92. The van der Waals surface area contributed by atoms with Gasteiger partial charge in [0.1, 0.15) is 11.3 Å². The molecule has 4 rings (SSSR count). The van der Waals surface area contributed by atoms with Crippen LogP contribution < -0.4 is 5.32 Å². The monoisotopic (exact) mass is 311 g/mol. The number of hydrogen-bond donors (Lipinski definition) is 1. The Morgan fingerprint density at radius 2 is 2.09 bits per heavy atom. The maximum atomic E-state index is 13.0. The van der Waals surface area contributed by atoms with Gasteiger partial charge in [0.15, 0.2) is 0 Å². The Balaban J connectivity index is 1.71. The molecule has 1 aromatic carbocycles. The summed E-state index contributed by atoms with van der Waals surface area (Å²) in [6, 6.07) is 7.45. The largest absolute Gasteiger partial charge is 0.361 e. The average molecular weight is 311 g/mol. The minimum atomic E-state index is -0.910. The molecule has 1 aliphatic heterocycles. The second-order valence-electron chi connectivity index (χ2n) is 6.19. The van der Waals surface area contributed by atoms with E-state index in [0.29, 0.717) is 17.9 Å². The molecule has 6 heteroatoms. The van der Waals surface area contributed by atoms with E-state index in [-0.39, 0.29) is 18.5 Å². The molecule has 2 aliphatic rings. The van der Waals surface area contributed by atoms with E-state index >= 15 is 0 Å². The second kappa shape index (κ2) is 4.68. The number of carbonyl (C=O) groups excluding carboxylic acids is 2. The van der Waals surface area contributed by atoms with Gasteiger partial charge in [-0.15, -0.1) is 0 Å². The summed E-state index contributed by atoms with van der Waals surface area (Å²) in [4.78, 5) is 26.8. The molecule has 3 amide bonds. The Labute approximate surface area is 133 Å². The summed E-state index contributed by atoms with van der Waals surface area (Å²) in [5, 5.41) is 6.81. The molecule has 23 heavy (non-hydrogen) atoms. The first-order valence-corrected chi connectivity index (χ1v) is 7.67. The molecule has 1 atom stereocenters. The fourth-order valence-corrected chi connectivity index (χ4v) is 3.62. The van der Waals surface area contributed by atoms with Crippen LogP contribution in [0, 0.1) is 13.8 Å². The van der Waals surface area contributed by atoms with Crippen LogP contribution in [0.5, 0.6) is 0 Å². The predicted molar refractivity (Wildman–Crippen MR) is 81.5 cm³/mol. The van der Waals surface area contributed by atoms with Crippen molar-refractivity contribution in [2.24, 2.45) is 0 Å². The lowest BCUT2D eigenvalue weighted by molar-refractivity contribution is -0.132. The Kier molecular flexibility index (Phi) is 2.85. The van der Waals surface area contributed by atoms with Gasteiger partial charge in [-0.05, 0) is 37.8 Å². The normalized spacial score (nSPS) is 22.8. The van der Waals surface area contributed by atoms with Gasteiger partial charge in [-0.2, -0.15) is 0 Å². The minimum absolute atomic E-state index is 0.188. The van der Waals surface area contributed by atoms with E-state index in [0.717, 1.165) is 23.1 Å². The van der Waals surface area contributed by atoms with Crippen molar-refractivity contribution in [1.82, 2.24) is 15.4 Å². The van der Waals surface area contributed by atoms with Gasteiger partial charge in [0.2, 0.25) is 0 Å². The summed E-state index contributed by atoms with van der Waals surface area (Å²) in [5.74, 6) is 0.448. The summed E-state index contributed by atoms with van der Waals surface area (Å²) in [6.07, 6.45) is 1.40. The van der Waals surface area contributed by atoms with Crippen LogP contribution >= 0.6 is 0 Å². The van der Waals surface area contributed by atoms with E-state index < -0.39 is 5.54 Å². The Hall–Kier alpha value is -2.63. The van der Waals surface area contributed by atoms with Gasteiger partial charge in [-0.1, -0.05) is 29.4 Å². The highest BCUT2D eigenvalue weighted by atomic mass is 16.5. The molecule has 0 unspecified atom stereocenters. The number of amides is 3. The molecule has 6 nitrogen and oxygen atoms in total. The first kappa shape index (κ1) is 14.0. The molecule has 1 saturated heterocycles. The number of aromatic nitrogens is 1. The summed E-state index contributed by atoms with van der Waals surface area (Å²) in [7, 11) is 0. The minimum Gasteiger partial charge on any atom is -0.361 e. The van der Waals surface area contributed by atoms with E-state index in [1.54, 1.807) is 6.92 Å². The van der Waals surface area contributed by atoms with Crippen molar-refractivity contribution in [2.75, 3.05) is 0 Å². The van der Waals surface area contributed by atoms with Gasteiger partial charge in [0.25, 0.3) is 5.91 Å². The SMILES string of the molecule is Cc1noc(C)c1CN1C(=O)N[C@@]2(CCc3ccccc32)C1=O. The molecule has 2 heterocycles. The standard InChI is InChI=1S/C17H17N3O3/c1-10-13(11(2)23-19-10)9-20-15(21)17(18-16(20)22)8-7-12-5-3-4-6-14(12)17/h3-6H,7-9H2,1-2H3,(H,18,22)/t17-/m1/s1. The fraction of sp³-hybridized carbons (Fsp3) is 0.353. The van der Waals surface area contributed by atoms with Gasteiger partial charge in [0.05, 0.1) is 12.2 Å². The Morgan fingerprint density at radius 3 is 2.83 bits per heavy atom. The van der Waals surface area contributed by atoms with Gasteiger partial charge >= 0.3 is 6.03 Å². The van der Waals surface area contributed by atoms with E-state index in [9.17, 15) is 9.59 Å². The van der Waals surface area contributed by atoms with Crippen LogP contribution in [-0.4, -0.2) is 22.0 Å². The molecule has 0 saturated carbocycles. The van der Waals surface area contributed by atoms with E-state index in [1.165, 1.54) is 4.90 Å². The van der Waals surface area contributed by atoms with Gasteiger partial charge in [-0.25, -0.2) is 4.79 Å². The molecule has 1 aliphatic carbocycles. The molecule has 1 fully saturated rings. The summed E-state index contributed by atoms with van der Waals surface area (Å²) < 4.78 is 5.13. The highest BCUT2D eigenvalue weighted by Gasteiger charge is 2.55. The highest BCUT2D eigenvalue weighted by Crippen LogP contribution is 2.41. The molecule has 1 aromatic heterocycles. The van der Waals surface area contributed by atoms with Crippen molar-refractivity contribution in [3.63, 3.8) is 0 Å². The summed E-state index contributed by atoms with van der Waals surface area (Å²) in [6.45, 7) is 3.79.